The zero-order valence-electron chi connectivity index (χ0n) is 11.5. The molecular weight excluding hydrogens is 331 g/mol. The maximum absolute atomic E-state index is 11.1. The fourth-order valence-electron chi connectivity index (χ4n) is 1.67. The Bertz CT molecular complexity index is 695. The van der Waals surface area contributed by atoms with Gasteiger partial charge in [0.2, 0.25) is 5.88 Å². The predicted molar refractivity (Wildman–Crippen MR) is 81.8 cm³/mol. The van der Waals surface area contributed by atoms with E-state index >= 15 is 0 Å². The van der Waals surface area contributed by atoms with Crippen LogP contribution in [0.5, 0.6) is 5.88 Å². The average Bonchev–Trinajstić information content (AvgIpc) is 2.48. The first-order valence-corrected chi connectivity index (χ1v) is 6.96. The third-order valence-corrected chi connectivity index (χ3v) is 3.22. The van der Waals surface area contributed by atoms with Crippen LogP contribution in [0.3, 0.4) is 0 Å². The highest BCUT2D eigenvalue weighted by molar-refractivity contribution is 6.36. The maximum atomic E-state index is 11.1. The van der Waals surface area contributed by atoms with Crippen LogP contribution in [0.2, 0.25) is 10.0 Å². The van der Waals surface area contributed by atoms with Gasteiger partial charge in [-0.25, -0.2) is 14.8 Å². The minimum Gasteiger partial charge on any atom is -0.476 e. The van der Waals surface area contributed by atoms with Crippen LogP contribution in [0.15, 0.2) is 24.4 Å². The van der Waals surface area contributed by atoms with Gasteiger partial charge in [0.1, 0.15) is 12.3 Å². The average molecular weight is 343 g/mol. The smallest absolute Gasteiger partial charge is 0.356 e. The fourth-order valence-corrected chi connectivity index (χ4v) is 2.16. The number of nitrogens with zero attached hydrogens (tertiary/aromatic N) is 2. The number of methoxy groups -OCH3 is 1. The molecule has 2 aromatic rings. The van der Waals surface area contributed by atoms with E-state index in [0.717, 1.165) is 6.20 Å². The Hall–Kier alpha value is -1.89. The minimum atomic E-state index is -1.19. The van der Waals surface area contributed by atoms with E-state index in [4.69, 9.17) is 37.8 Å². The van der Waals surface area contributed by atoms with E-state index in [2.05, 4.69) is 9.97 Å². The highest BCUT2D eigenvalue weighted by Gasteiger charge is 2.17. The third-order valence-electron chi connectivity index (χ3n) is 2.67. The van der Waals surface area contributed by atoms with E-state index in [0.29, 0.717) is 22.2 Å². The first-order valence-electron chi connectivity index (χ1n) is 6.20. The lowest BCUT2D eigenvalue weighted by atomic mass is 10.1. The van der Waals surface area contributed by atoms with Gasteiger partial charge in [-0.1, -0.05) is 23.2 Å². The molecule has 0 radical (unpaired) electrons. The lowest BCUT2D eigenvalue weighted by molar-refractivity contribution is 0.0689. The minimum absolute atomic E-state index is 0.172. The molecule has 1 aromatic heterocycles. The van der Waals surface area contributed by atoms with Crippen LogP contribution in [-0.4, -0.2) is 41.4 Å². The number of carboxylic acids is 1. The van der Waals surface area contributed by atoms with Crippen molar-refractivity contribution >= 4 is 29.2 Å². The molecule has 0 bridgehead atoms. The molecule has 2 rings (SSSR count). The van der Waals surface area contributed by atoms with Gasteiger partial charge in [0, 0.05) is 17.7 Å². The molecule has 8 heteroatoms. The Labute approximate surface area is 136 Å². The number of carboxylic acid groups (broad SMARTS) is 1. The van der Waals surface area contributed by atoms with Gasteiger partial charge in [-0.15, -0.1) is 0 Å². The largest absolute Gasteiger partial charge is 0.476 e. The summed E-state index contributed by atoms with van der Waals surface area (Å²) < 4.78 is 10.4. The number of aromatic carboxylic acids is 1. The zero-order chi connectivity index (χ0) is 16.1. The molecule has 0 amide bonds. The van der Waals surface area contributed by atoms with E-state index in [1.165, 1.54) is 6.07 Å². The van der Waals surface area contributed by atoms with E-state index in [-0.39, 0.29) is 23.9 Å². The van der Waals surface area contributed by atoms with Crippen LogP contribution in [0, 0.1) is 0 Å². The quantitative estimate of drug-likeness (QED) is 0.812. The maximum Gasteiger partial charge on any atom is 0.356 e. The third kappa shape index (κ3) is 3.85. The van der Waals surface area contributed by atoms with Crippen molar-refractivity contribution in [3.63, 3.8) is 0 Å². The zero-order valence-corrected chi connectivity index (χ0v) is 13.1. The summed E-state index contributed by atoms with van der Waals surface area (Å²) in [5, 5.41) is 9.83. The summed E-state index contributed by atoms with van der Waals surface area (Å²) in [6.07, 6.45) is 1.12. The number of rotatable bonds is 6. The second-order valence-electron chi connectivity index (χ2n) is 4.18. The molecule has 0 aliphatic heterocycles. The molecule has 0 fully saturated rings. The van der Waals surface area contributed by atoms with E-state index in [9.17, 15) is 4.79 Å². The van der Waals surface area contributed by atoms with Gasteiger partial charge in [0.15, 0.2) is 5.69 Å². The van der Waals surface area contributed by atoms with Crippen LogP contribution >= 0.6 is 23.2 Å². The molecule has 0 aliphatic rings. The monoisotopic (exact) mass is 342 g/mol. The molecule has 0 unspecified atom stereocenters. The molecule has 6 nitrogen and oxygen atoms in total. The number of halogens is 2. The normalized spacial score (nSPS) is 10.5. The van der Waals surface area contributed by atoms with E-state index in [1.54, 1.807) is 19.2 Å². The fraction of sp³-hybridized carbons (Fsp3) is 0.214. The van der Waals surface area contributed by atoms with Gasteiger partial charge in [-0.2, -0.15) is 0 Å². The second kappa shape index (κ2) is 7.40. The highest BCUT2D eigenvalue weighted by Crippen LogP contribution is 2.33. The Balaban J connectivity index is 2.48. The Kier molecular flexibility index (Phi) is 5.54. The van der Waals surface area contributed by atoms with Crippen molar-refractivity contribution in [2.45, 2.75) is 0 Å². The topological polar surface area (TPSA) is 81.5 Å². The molecule has 1 heterocycles. The number of aromatic nitrogens is 2. The van der Waals surface area contributed by atoms with E-state index < -0.39 is 5.97 Å². The SMILES string of the molecule is COCCOc1ncc(C(=O)O)nc1-c1ccc(Cl)cc1Cl. The summed E-state index contributed by atoms with van der Waals surface area (Å²) in [4.78, 5) is 19.1. The van der Waals surface area contributed by atoms with Crippen molar-refractivity contribution in [3.8, 4) is 17.1 Å². The molecule has 1 aromatic carbocycles. The van der Waals surface area contributed by atoms with Crippen LogP contribution in [0.1, 0.15) is 10.5 Å². The molecule has 0 aliphatic carbocycles. The number of ether oxygens (including phenoxy) is 2. The Morgan fingerprint density at radius 2 is 2.09 bits per heavy atom. The molecule has 116 valence electrons. The lowest BCUT2D eigenvalue weighted by Gasteiger charge is -2.11. The lowest BCUT2D eigenvalue weighted by Crippen LogP contribution is -2.09. The van der Waals surface area contributed by atoms with E-state index in [1.807, 2.05) is 0 Å². The van der Waals surface area contributed by atoms with Crippen LogP contribution in [0.4, 0.5) is 0 Å². The molecule has 1 N–H and O–H groups in total. The van der Waals surface area contributed by atoms with Gasteiger partial charge in [-0.05, 0) is 18.2 Å². The van der Waals surface area contributed by atoms with Gasteiger partial charge >= 0.3 is 5.97 Å². The van der Waals surface area contributed by atoms with Gasteiger partial charge < -0.3 is 14.6 Å². The summed E-state index contributed by atoms with van der Waals surface area (Å²) in [6, 6.07) is 4.78. The van der Waals surface area contributed by atoms with Crippen LogP contribution in [0.25, 0.3) is 11.3 Å². The van der Waals surface area contributed by atoms with Crippen molar-refractivity contribution in [1.82, 2.24) is 9.97 Å². The summed E-state index contributed by atoms with van der Waals surface area (Å²) in [5.41, 5.74) is 0.506. The van der Waals surface area contributed by atoms with Crippen molar-refractivity contribution in [3.05, 3.63) is 40.1 Å². The highest BCUT2D eigenvalue weighted by atomic mass is 35.5. The van der Waals surface area contributed by atoms with Crippen molar-refractivity contribution in [2.24, 2.45) is 0 Å². The molecule has 0 atom stereocenters. The summed E-state index contributed by atoms with van der Waals surface area (Å²) in [7, 11) is 1.54. The molecular formula is C14H12Cl2N2O4. The predicted octanol–water partition coefficient (Wildman–Crippen LogP) is 3.17. The number of carbonyl (C=O) groups is 1. The Morgan fingerprint density at radius 1 is 1.32 bits per heavy atom. The molecule has 22 heavy (non-hydrogen) atoms. The standard InChI is InChI=1S/C14H12Cl2N2O4/c1-21-4-5-22-13-12(18-11(7-17-13)14(19)20)9-3-2-8(15)6-10(9)16/h2-3,6-7H,4-5H2,1H3,(H,19,20). The number of benzene rings is 1. The first kappa shape index (κ1) is 16.5. The number of hydrogen-bond donors (Lipinski definition) is 1. The second-order valence-corrected chi connectivity index (χ2v) is 5.02. The van der Waals surface area contributed by atoms with Gasteiger partial charge in [0.25, 0.3) is 0 Å². The number of hydrogen-bond acceptors (Lipinski definition) is 5. The van der Waals surface area contributed by atoms with Gasteiger partial charge in [0.05, 0.1) is 17.8 Å². The molecule has 0 saturated carbocycles. The summed E-state index contributed by atoms with van der Waals surface area (Å²) in [6.45, 7) is 0.603. The molecule has 0 saturated heterocycles. The van der Waals surface area contributed by atoms with Gasteiger partial charge in [-0.3, -0.25) is 0 Å². The van der Waals surface area contributed by atoms with Crippen molar-refractivity contribution < 1.29 is 19.4 Å². The Morgan fingerprint density at radius 3 is 2.73 bits per heavy atom. The van der Waals surface area contributed by atoms with Crippen molar-refractivity contribution in [2.75, 3.05) is 20.3 Å². The van der Waals surface area contributed by atoms with Crippen LogP contribution in [-0.2, 0) is 4.74 Å². The first-order chi connectivity index (χ1) is 10.5. The molecule has 0 spiro atoms. The van der Waals surface area contributed by atoms with Crippen molar-refractivity contribution in [1.29, 1.82) is 0 Å². The summed E-state index contributed by atoms with van der Waals surface area (Å²) in [5.74, 6) is -1.02. The van der Waals surface area contributed by atoms with Crippen LogP contribution < -0.4 is 4.74 Å². The summed E-state index contributed by atoms with van der Waals surface area (Å²) >= 11 is 12.0.